The Morgan fingerprint density at radius 1 is 1.07 bits per heavy atom. The van der Waals surface area contributed by atoms with Crippen molar-refractivity contribution < 1.29 is 4.79 Å². The molecule has 0 aliphatic carbocycles. The van der Waals surface area contributed by atoms with Crippen LogP contribution in [0.5, 0.6) is 0 Å². The SMILES string of the molecule is C=C(C)CN(CC)CC(=O)N(CC)CC. The summed E-state index contributed by atoms with van der Waals surface area (Å²) in [4.78, 5) is 15.8. The van der Waals surface area contributed by atoms with Gasteiger partial charge in [-0.15, -0.1) is 0 Å². The summed E-state index contributed by atoms with van der Waals surface area (Å²) in [6.45, 7) is 15.7. The molecule has 0 bridgehead atoms. The van der Waals surface area contributed by atoms with Crippen LogP contribution in [0, 0.1) is 0 Å². The zero-order chi connectivity index (χ0) is 11.8. The minimum absolute atomic E-state index is 0.211. The standard InChI is InChI=1S/C12H24N2O/c1-6-13(9-11(4)5)10-12(15)14(7-2)8-3/h4,6-10H2,1-3,5H3. The molecular formula is C12H24N2O. The van der Waals surface area contributed by atoms with Gasteiger partial charge in [0, 0.05) is 19.6 Å². The van der Waals surface area contributed by atoms with Gasteiger partial charge in [0.2, 0.25) is 5.91 Å². The molecule has 3 heteroatoms. The van der Waals surface area contributed by atoms with Crippen LogP contribution in [0.2, 0.25) is 0 Å². The summed E-state index contributed by atoms with van der Waals surface area (Å²) in [6, 6.07) is 0. The van der Waals surface area contributed by atoms with Crippen molar-refractivity contribution in [3.05, 3.63) is 12.2 Å². The lowest BCUT2D eigenvalue weighted by atomic mass is 10.3. The molecule has 0 aliphatic rings. The topological polar surface area (TPSA) is 23.6 Å². The van der Waals surface area contributed by atoms with Crippen LogP contribution in [0.4, 0.5) is 0 Å². The van der Waals surface area contributed by atoms with Crippen molar-refractivity contribution in [2.24, 2.45) is 0 Å². The first-order valence-corrected chi connectivity index (χ1v) is 5.69. The number of amides is 1. The molecule has 0 saturated heterocycles. The second-order valence-electron chi connectivity index (χ2n) is 3.83. The lowest BCUT2D eigenvalue weighted by Gasteiger charge is -2.24. The summed E-state index contributed by atoms with van der Waals surface area (Å²) < 4.78 is 0. The maximum Gasteiger partial charge on any atom is 0.236 e. The van der Waals surface area contributed by atoms with Gasteiger partial charge in [-0.1, -0.05) is 19.1 Å². The van der Waals surface area contributed by atoms with Gasteiger partial charge in [0.1, 0.15) is 0 Å². The van der Waals surface area contributed by atoms with Crippen molar-refractivity contribution in [2.75, 3.05) is 32.7 Å². The minimum Gasteiger partial charge on any atom is -0.342 e. The van der Waals surface area contributed by atoms with E-state index in [1.807, 2.05) is 25.7 Å². The number of rotatable bonds is 7. The third kappa shape index (κ3) is 5.57. The smallest absolute Gasteiger partial charge is 0.236 e. The average Bonchev–Trinajstić information content (AvgIpc) is 2.17. The summed E-state index contributed by atoms with van der Waals surface area (Å²) in [6.07, 6.45) is 0. The number of likely N-dealkylation sites (N-methyl/N-ethyl adjacent to an activating group) is 2. The van der Waals surface area contributed by atoms with Gasteiger partial charge in [0.15, 0.2) is 0 Å². The van der Waals surface area contributed by atoms with Gasteiger partial charge in [-0.3, -0.25) is 9.69 Å². The molecule has 0 aromatic carbocycles. The van der Waals surface area contributed by atoms with E-state index in [2.05, 4.69) is 18.4 Å². The van der Waals surface area contributed by atoms with E-state index in [1.165, 1.54) is 0 Å². The summed E-state index contributed by atoms with van der Waals surface area (Å²) in [5, 5.41) is 0. The van der Waals surface area contributed by atoms with E-state index in [1.54, 1.807) is 0 Å². The molecule has 0 saturated carbocycles. The van der Waals surface area contributed by atoms with E-state index >= 15 is 0 Å². The van der Waals surface area contributed by atoms with E-state index in [0.29, 0.717) is 6.54 Å². The van der Waals surface area contributed by atoms with Gasteiger partial charge in [-0.2, -0.15) is 0 Å². The van der Waals surface area contributed by atoms with Crippen LogP contribution in [-0.2, 0) is 4.79 Å². The fourth-order valence-electron chi connectivity index (χ4n) is 1.53. The van der Waals surface area contributed by atoms with Gasteiger partial charge in [-0.25, -0.2) is 0 Å². The highest BCUT2D eigenvalue weighted by molar-refractivity contribution is 5.78. The second kappa shape index (κ2) is 7.46. The van der Waals surface area contributed by atoms with Crippen molar-refractivity contribution in [3.8, 4) is 0 Å². The van der Waals surface area contributed by atoms with Crippen LogP contribution < -0.4 is 0 Å². The molecule has 0 radical (unpaired) electrons. The number of hydrogen-bond acceptors (Lipinski definition) is 2. The van der Waals surface area contributed by atoms with E-state index < -0.39 is 0 Å². The van der Waals surface area contributed by atoms with Crippen LogP contribution in [0.25, 0.3) is 0 Å². The van der Waals surface area contributed by atoms with Crippen LogP contribution in [-0.4, -0.2) is 48.4 Å². The number of hydrogen-bond donors (Lipinski definition) is 0. The zero-order valence-corrected chi connectivity index (χ0v) is 10.5. The molecule has 0 atom stereocenters. The Hall–Kier alpha value is -0.830. The zero-order valence-electron chi connectivity index (χ0n) is 10.5. The first kappa shape index (κ1) is 14.2. The highest BCUT2D eigenvalue weighted by Gasteiger charge is 2.13. The molecule has 0 N–H and O–H groups in total. The van der Waals surface area contributed by atoms with Gasteiger partial charge < -0.3 is 4.90 Å². The quantitative estimate of drug-likeness (QED) is 0.600. The Morgan fingerprint density at radius 2 is 1.60 bits per heavy atom. The van der Waals surface area contributed by atoms with Gasteiger partial charge in [-0.05, 0) is 27.3 Å². The number of carbonyl (C=O) groups is 1. The van der Waals surface area contributed by atoms with Crippen molar-refractivity contribution in [1.82, 2.24) is 9.80 Å². The fraction of sp³-hybridized carbons (Fsp3) is 0.750. The summed E-state index contributed by atoms with van der Waals surface area (Å²) in [5.74, 6) is 0.211. The van der Waals surface area contributed by atoms with E-state index in [4.69, 9.17) is 0 Å². The van der Waals surface area contributed by atoms with Crippen molar-refractivity contribution in [3.63, 3.8) is 0 Å². The Kier molecular flexibility index (Phi) is 7.05. The molecular weight excluding hydrogens is 188 g/mol. The predicted octanol–water partition coefficient (Wildman–Crippen LogP) is 1.75. The third-order valence-corrected chi connectivity index (χ3v) is 2.42. The Labute approximate surface area is 93.7 Å². The van der Waals surface area contributed by atoms with E-state index in [9.17, 15) is 4.79 Å². The summed E-state index contributed by atoms with van der Waals surface area (Å²) in [5.41, 5.74) is 1.10. The molecule has 0 unspecified atom stereocenters. The lowest BCUT2D eigenvalue weighted by molar-refractivity contribution is -0.131. The first-order valence-electron chi connectivity index (χ1n) is 5.69. The first-order chi connectivity index (χ1) is 7.04. The largest absolute Gasteiger partial charge is 0.342 e. The van der Waals surface area contributed by atoms with Gasteiger partial charge in [0.05, 0.1) is 6.54 Å². The Morgan fingerprint density at radius 3 is 1.93 bits per heavy atom. The molecule has 0 aromatic heterocycles. The van der Waals surface area contributed by atoms with Crippen molar-refractivity contribution in [1.29, 1.82) is 0 Å². The molecule has 15 heavy (non-hydrogen) atoms. The van der Waals surface area contributed by atoms with Crippen LogP contribution in [0.1, 0.15) is 27.7 Å². The molecule has 0 heterocycles. The third-order valence-electron chi connectivity index (χ3n) is 2.42. The fourth-order valence-corrected chi connectivity index (χ4v) is 1.53. The van der Waals surface area contributed by atoms with E-state index in [0.717, 1.165) is 31.8 Å². The highest BCUT2D eigenvalue weighted by Crippen LogP contribution is 1.98. The van der Waals surface area contributed by atoms with Crippen LogP contribution in [0.15, 0.2) is 12.2 Å². The van der Waals surface area contributed by atoms with Crippen LogP contribution >= 0.6 is 0 Å². The molecule has 0 fully saturated rings. The number of carbonyl (C=O) groups excluding carboxylic acids is 1. The summed E-state index contributed by atoms with van der Waals surface area (Å²) in [7, 11) is 0. The maximum absolute atomic E-state index is 11.8. The highest BCUT2D eigenvalue weighted by atomic mass is 16.2. The monoisotopic (exact) mass is 212 g/mol. The molecule has 3 nitrogen and oxygen atoms in total. The van der Waals surface area contributed by atoms with Gasteiger partial charge in [0.25, 0.3) is 0 Å². The normalized spacial score (nSPS) is 10.5. The molecule has 0 spiro atoms. The van der Waals surface area contributed by atoms with Crippen LogP contribution in [0.3, 0.4) is 0 Å². The van der Waals surface area contributed by atoms with E-state index in [-0.39, 0.29) is 5.91 Å². The average molecular weight is 212 g/mol. The van der Waals surface area contributed by atoms with Crippen molar-refractivity contribution in [2.45, 2.75) is 27.7 Å². The minimum atomic E-state index is 0.211. The predicted molar refractivity (Wildman–Crippen MR) is 64.9 cm³/mol. The van der Waals surface area contributed by atoms with Crippen molar-refractivity contribution >= 4 is 5.91 Å². The molecule has 88 valence electrons. The number of nitrogens with zero attached hydrogens (tertiary/aromatic N) is 2. The Bertz CT molecular complexity index is 210. The maximum atomic E-state index is 11.8. The van der Waals surface area contributed by atoms with Gasteiger partial charge >= 0.3 is 0 Å². The molecule has 1 amide bonds. The lowest BCUT2D eigenvalue weighted by Crippen LogP contribution is -2.40. The molecule has 0 aliphatic heterocycles. The molecule has 0 rings (SSSR count). The second-order valence-corrected chi connectivity index (χ2v) is 3.83. The molecule has 0 aromatic rings. The summed E-state index contributed by atoms with van der Waals surface area (Å²) >= 11 is 0. The Balaban J connectivity index is 4.16.